The number of hydrogen-bond acceptors (Lipinski definition) is 1. The van der Waals surface area contributed by atoms with Crippen LogP contribution in [0.1, 0.15) is 27.7 Å². The average Bonchev–Trinajstić information content (AvgIpc) is 1.81. The maximum atomic E-state index is 3.53. The van der Waals surface area contributed by atoms with Crippen LogP contribution in [0.2, 0.25) is 0 Å². The molecule has 0 unspecified atom stereocenters. The van der Waals surface area contributed by atoms with E-state index in [1.165, 1.54) is 0 Å². The Balaban J connectivity index is -0.0000000225. The largest absolute Gasteiger partial charge is 0.183 e. The summed E-state index contributed by atoms with van der Waals surface area (Å²) in [4.78, 5) is 0. The molecule has 0 aromatic carbocycles. The van der Waals surface area contributed by atoms with Crippen molar-refractivity contribution in [3.05, 3.63) is 0 Å². The second kappa shape index (κ2) is 826. The third-order valence-corrected chi connectivity index (χ3v) is 0. The molecule has 0 heterocycles. The van der Waals surface area contributed by atoms with Gasteiger partial charge in [0, 0.05) is 0 Å². The van der Waals surface area contributed by atoms with Crippen molar-refractivity contribution >= 4 is 12.6 Å². The summed E-state index contributed by atoms with van der Waals surface area (Å²) in [6.07, 6.45) is 1.69. The van der Waals surface area contributed by atoms with E-state index >= 15 is 0 Å². The van der Waals surface area contributed by atoms with Crippen molar-refractivity contribution in [3.8, 4) is 0 Å². The SMILES string of the molecule is CC.CC.CS. The molecule has 0 aliphatic carbocycles. The minimum absolute atomic E-state index is 1.69. The van der Waals surface area contributed by atoms with E-state index in [4.69, 9.17) is 0 Å². The lowest BCUT2D eigenvalue weighted by molar-refractivity contribution is 1.50. The van der Waals surface area contributed by atoms with E-state index in [2.05, 4.69) is 12.6 Å². The third-order valence-electron chi connectivity index (χ3n) is 0. The summed E-state index contributed by atoms with van der Waals surface area (Å²) in [7, 11) is 0. The van der Waals surface area contributed by atoms with E-state index in [9.17, 15) is 0 Å². The first-order valence-corrected chi connectivity index (χ1v) is 3.34. The molecular weight excluding hydrogens is 92.1 g/mol. The lowest BCUT2D eigenvalue weighted by atomic mass is 11.0. The maximum absolute atomic E-state index is 3.53. The zero-order chi connectivity index (χ0) is 6.00. The van der Waals surface area contributed by atoms with Crippen molar-refractivity contribution < 1.29 is 0 Å². The molecule has 1 heteroatoms. The molecule has 6 heavy (non-hydrogen) atoms. The van der Waals surface area contributed by atoms with Gasteiger partial charge in [0.25, 0.3) is 0 Å². The van der Waals surface area contributed by atoms with Crippen LogP contribution in [0.15, 0.2) is 0 Å². The molecule has 0 fully saturated rings. The van der Waals surface area contributed by atoms with E-state index in [1.807, 2.05) is 27.7 Å². The Morgan fingerprint density at radius 2 is 0.667 bits per heavy atom. The van der Waals surface area contributed by atoms with Gasteiger partial charge in [-0.05, 0) is 6.26 Å². The Labute approximate surface area is 47.4 Å². The molecule has 0 N–H and O–H groups in total. The van der Waals surface area contributed by atoms with Crippen LogP contribution < -0.4 is 0 Å². The Bertz CT molecular complexity index is 3.90. The van der Waals surface area contributed by atoms with Crippen molar-refractivity contribution in [1.29, 1.82) is 0 Å². The molecule has 0 aliphatic rings. The molecule has 0 saturated carbocycles. The Morgan fingerprint density at radius 3 is 0.667 bits per heavy atom. The predicted molar refractivity (Wildman–Crippen MR) is 37.6 cm³/mol. The van der Waals surface area contributed by atoms with Gasteiger partial charge in [-0.1, -0.05) is 27.7 Å². The Morgan fingerprint density at radius 1 is 0.667 bits per heavy atom. The average molecular weight is 108 g/mol. The number of rotatable bonds is 0. The van der Waals surface area contributed by atoms with Gasteiger partial charge in [-0.25, -0.2) is 0 Å². The highest BCUT2D eigenvalue weighted by atomic mass is 32.1. The standard InChI is InChI=1S/2C2H6.CH4S/c3*1-2/h2*1-2H3;2H,1H3. The first-order chi connectivity index (χ1) is 3.00. The van der Waals surface area contributed by atoms with Crippen molar-refractivity contribution in [2.45, 2.75) is 27.7 Å². The van der Waals surface area contributed by atoms with E-state index in [0.29, 0.717) is 0 Å². The molecule has 0 aromatic heterocycles. The maximum Gasteiger partial charge on any atom is -0.0215 e. The van der Waals surface area contributed by atoms with Crippen molar-refractivity contribution in [3.63, 3.8) is 0 Å². The summed E-state index contributed by atoms with van der Waals surface area (Å²) in [5, 5.41) is 0. The lowest BCUT2D eigenvalue weighted by Crippen LogP contribution is -0.865. The smallest absolute Gasteiger partial charge is 0.0215 e. The molecule has 0 rings (SSSR count). The molecule has 0 saturated heterocycles. The number of thiol groups is 1. The fourth-order valence-electron chi connectivity index (χ4n) is 0. The molecule has 0 aliphatic heterocycles. The van der Waals surface area contributed by atoms with Crippen molar-refractivity contribution in [2.75, 3.05) is 6.26 Å². The van der Waals surface area contributed by atoms with Crippen molar-refractivity contribution in [2.24, 2.45) is 0 Å². The van der Waals surface area contributed by atoms with Gasteiger partial charge in [-0.2, -0.15) is 12.6 Å². The van der Waals surface area contributed by atoms with Gasteiger partial charge in [0.15, 0.2) is 0 Å². The minimum atomic E-state index is 1.69. The van der Waals surface area contributed by atoms with Gasteiger partial charge in [-0.3, -0.25) is 0 Å². The highest BCUT2D eigenvalue weighted by Gasteiger charge is 0.934. The normalized spacial score (nSPS) is 3.00. The first-order valence-electron chi connectivity index (χ1n) is 2.45. The second-order valence-corrected chi connectivity index (χ2v) is 0. The topological polar surface area (TPSA) is 0 Å². The van der Waals surface area contributed by atoms with Gasteiger partial charge in [0.05, 0.1) is 0 Å². The molecule has 0 bridgehead atoms. The van der Waals surface area contributed by atoms with Crippen LogP contribution in [0.4, 0.5) is 0 Å². The molecule has 0 aromatic rings. The molecule has 0 radical (unpaired) electrons. The lowest BCUT2D eigenvalue weighted by Gasteiger charge is -1.11. The predicted octanol–water partition coefficient (Wildman–Crippen LogP) is 2.60. The Kier molecular flexibility index (Phi) is 2230. The zero-order valence-corrected chi connectivity index (χ0v) is 6.34. The Hall–Kier alpha value is 0.350. The summed E-state index contributed by atoms with van der Waals surface area (Å²) < 4.78 is 0. The van der Waals surface area contributed by atoms with Gasteiger partial charge < -0.3 is 0 Å². The van der Waals surface area contributed by atoms with Gasteiger partial charge in [-0.15, -0.1) is 0 Å². The molecule has 42 valence electrons. The molecular formula is C5H16S. The van der Waals surface area contributed by atoms with Gasteiger partial charge in [0.1, 0.15) is 0 Å². The fourth-order valence-corrected chi connectivity index (χ4v) is 0. The molecule has 0 amide bonds. The van der Waals surface area contributed by atoms with Crippen molar-refractivity contribution in [1.82, 2.24) is 0 Å². The highest BCUT2D eigenvalue weighted by molar-refractivity contribution is 7.79. The van der Waals surface area contributed by atoms with Crippen LogP contribution in [-0.4, -0.2) is 6.26 Å². The van der Waals surface area contributed by atoms with E-state index in [0.717, 1.165) is 0 Å². The summed E-state index contributed by atoms with van der Waals surface area (Å²) in [6, 6.07) is 0. The fraction of sp³-hybridized carbons (Fsp3) is 1.00. The van der Waals surface area contributed by atoms with Crippen LogP contribution in [0.3, 0.4) is 0 Å². The van der Waals surface area contributed by atoms with E-state index < -0.39 is 0 Å². The monoisotopic (exact) mass is 108 g/mol. The van der Waals surface area contributed by atoms with Crippen LogP contribution >= 0.6 is 12.6 Å². The van der Waals surface area contributed by atoms with Crippen LogP contribution in [-0.2, 0) is 0 Å². The van der Waals surface area contributed by atoms with Gasteiger partial charge >= 0.3 is 0 Å². The van der Waals surface area contributed by atoms with Crippen LogP contribution in [0.25, 0.3) is 0 Å². The minimum Gasteiger partial charge on any atom is -0.183 e. The molecule has 0 nitrogen and oxygen atoms in total. The highest BCUT2D eigenvalue weighted by Crippen LogP contribution is 1.31. The van der Waals surface area contributed by atoms with E-state index in [1.54, 1.807) is 6.26 Å². The summed E-state index contributed by atoms with van der Waals surface area (Å²) in [5.41, 5.74) is 0. The number of hydrogen-bond donors (Lipinski definition) is 1. The third kappa shape index (κ3) is 399. The summed E-state index contributed by atoms with van der Waals surface area (Å²) in [5.74, 6) is 0. The van der Waals surface area contributed by atoms with E-state index in [-0.39, 0.29) is 0 Å². The second-order valence-electron chi connectivity index (χ2n) is 0. The summed E-state index contributed by atoms with van der Waals surface area (Å²) >= 11 is 3.53. The molecule has 0 spiro atoms. The zero-order valence-electron chi connectivity index (χ0n) is 5.45. The van der Waals surface area contributed by atoms with Crippen LogP contribution in [0.5, 0.6) is 0 Å². The summed E-state index contributed by atoms with van der Waals surface area (Å²) in [6.45, 7) is 8.00. The quantitative estimate of drug-likeness (QED) is 0.453. The van der Waals surface area contributed by atoms with Gasteiger partial charge in [0.2, 0.25) is 0 Å². The van der Waals surface area contributed by atoms with Crippen LogP contribution in [0, 0.1) is 0 Å². The first kappa shape index (κ1) is 16.2. The molecule has 0 atom stereocenters.